The maximum atomic E-state index is 12.7. The monoisotopic (exact) mass is 414 g/mol. The van der Waals surface area contributed by atoms with Crippen LogP contribution in [0.5, 0.6) is 0 Å². The van der Waals surface area contributed by atoms with Gasteiger partial charge >= 0.3 is 0 Å². The second-order valence-electron chi connectivity index (χ2n) is 6.12. The summed E-state index contributed by atoms with van der Waals surface area (Å²) >= 11 is 12.0. The van der Waals surface area contributed by atoms with E-state index in [1.807, 2.05) is 6.92 Å². The number of hydrogen-bond donors (Lipinski definition) is 1. The number of carbonyl (C=O) groups is 1. The van der Waals surface area contributed by atoms with Crippen molar-refractivity contribution < 1.29 is 13.2 Å². The van der Waals surface area contributed by atoms with Gasteiger partial charge in [-0.1, -0.05) is 29.3 Å². The van der Waals surface area contributed by atoms with Crippen molar-refractivity contribution in [2.45, 2.75) is 26.8 Å². The normalized spacial score (nSPS) is 12.5. The van der Waals surface area contributed by atoms with Crippen LogP contribution >= 0.6 is 23.2 Å². The molecule has 0 fully saturated rings. The number of amides is 1. The van der Waals surface area contributed by atoms with Crippen LogP contribution in [-0.4, -0.2) is 26.6 Å². The van der Waals surface area contributed by atoms with Gasteiger partial charge in [0.2, 0.25) is 15.9 Å². The Morgan fingerprint density at radius 3 is 2.27 bits per heavy atom. The highest BCUT2D eigenvalue weighted by atomic mass is 35.5. The van der Waals surface area contributed by atoms with Gasteiger partial charge in [0.1, 0.15) is 6.04 Å². The van der Waals surface area contributed by atoms with Crippen molar-refractivity contribution in [2.24, 2.45) is 0 Å². The summed E-state index contributed by atoms with van der Waals surface area (Å²) in [6.45, 7) is 5.14. The smallest absolute Gasteiger partial charge is 0.248 e. The third-order valence-electron chi connectivity index (χ3n) is 3.94. The standard InChI is InChI=1S/C18H20Cl2N2O3S/c1-11-5-7-15(10-16(11)20)22(26(4,24)25)13(3)18(23)21-17-8-6-14(19)9-12(17)2/h5-10,13H,1-4H3,(H,21,23)/t13-/m1/s1. The number of hydrogen-bond acceptors (Lipinski definition) is 3. The largest absolute Gasteiger partial charge is 0.324 e. The third-order valence-corrected chi connectivity index (χ3v) is 5.83. The molecule has 0 bridgehead atoms. The van der Waals surface area contributed by atoms with Crippen LogP contribution in [0.4, 0.5) is 11.4 Å². The Bertz CT molecular complexity index is 945. The predicted octanol–water partition coefficient (Wildman–Crippen LogP) is 4.40. The summed E-state index contributed by atoms with van der Waals surface area (Å²) < 4.78 is 25.7. The SMILES string of the molecule is Cc1ccc(N([C@H](C)C(=O)Nc2ccc(Cl)cc2C)S(C)(=O)=O)cc1Cl. The molecule has 0 aromatic heterocycles. The molecule has 0 aliphatic heterocycles. The maximum absolute atomic E-state index is 12.7. The fourth-order valence-electron chi connectivity index (χ4n) is 2.53. The van der Waals surface area contributed by atoms with Crippen LogP contribution in [0.25, 0.3) is 0 Å². The van der Waals surface area contributed by atoms with E-state index in [1.165, 1.54) is 13.0 Å². The first-order valence-electron chi connectivity index (χ1n) is 7.83. The van der Waals surface area contributed by atoms with Gasteiger partial charge < -0.3 is 5.32 Å². The molecule has 0 heterocycles. The van der Waals surface area contributed by atoms with Gasteiger partial charge in [-0.25, -0.2) is 8.42 Å². The molecule has 0 radical (unpaired) electrons. The molecule has 1 amide bonds. The van der Waals surface area contributed by atoms with Crippen LogP contribution < -0.4 is 9.62 Å². The molecular formula is C18H20Cl2N2O3S. The molecule has 0 aliphatic rings. The van der Waals surface area contributed by atoms with Crippen molar-refractivity contribution in [3.05, 3.63) is 57.6 Å². The summed E-state index contributed by atoms with van der Waals surface area (Å²) in [7, 11) is -3.71. The Hall–Kier alpha value is -1.76. The van der Waals surface area contributed by atoms with Gasteiger partial charge in [-0.2, -0.15) is 0 Å². The molecular weight excluding hydrogens is 395 g/mol. The average molecular weight is 415 g/mol. The first kappa shape index (κ1) is 20.6. The zero-order valence-corrected chi connectivity index (χ0v) is 17.2. The summed E-state index contributed by atoms with van der Waals surface area (Å²) in [5, 5.41) is 3.73. The summed E-state index contributed by atoms with van der Waals surface area (Å²) in [6.07, 6.45) is 1.05. The van der Waals surface area contributed by atoms with Crippen LogP contribution in [-0.2, 0) is 14.8 Å². The molecule has 2 aromatic rings. The van der Waals surface area contributed by atoms with E-state index in [4.69, 9.17) is 23.2 Å². The Balaban J connectivity index is 2.35. The minimum atomic E-state index is -3.71. The van der Waals surface area contributed by atoms with E-state index in [-0.39, 0.29) is 0 Å². The molecule has 2 aromatic carbocycles. The lowest BCUT2D eigenvalue weighted by molar-refractivity contribution is -0.116. The second-order valence-corrected chi connectivity index (χ2v) is 8.82. The maximum Gasteiger partial charge on any atom is 0.248 e. The molecule has 5 nitrogen and oxygen atoms in total. The minimum absolute atomic E-state index is 0.332. The van der Waals surface area contributed by atoms with E-state index in [0.717, 1.165) is 21.7 Å². The van der Waals surface area contributed by atoms with Gasteiger partial charge in [0.25, 0.3) is 0 Å². The van der Waals surface area contributed by atoms with Crippen molar-refractivity contribution >= 4 is 50.5 Å². The molecule has 0 unspecified atom stereocenters. The molecule has 26 heavy (non-hydrogen) atoms. The van der Waals surface area contributed by atoms with Crippen molar-refractivity contribution in [1.29, 1.82) is 0 Å². The highest BCUT2D eigenvalue weighted by Crippen LogP contribution is 2.27. The van der Waals surface area contributed by atoms with Gasteiger partial charge in [0.15, 0.2) is 0 Å². The van der Waals surface area contributed by atoms with E-state index in [2.05, 4.69) is 5.32 Å². The molecule has 0 spiro atoms. The topological polar surface area (TPSA) is 66.5 Å². The van der Waals surface area contributed by atoms with Gasteiger partial charge in [-0.3, -0.25) is 9.10 Å². The quantitative estimate of drug-likeness (QED) is 0.787. The number of halogens is 2. The van der Waals surface area contributed by atoms with E-state index in [9.17, 15) is 13.2 Å². The molecule has 140 valence electrons. The molecule has 1 atom stereocenters. The number of benzene rings is 2. The third kappa shape index (κ3) is 4.69. The first-order valence-corrected chi connectivity index (χ1v) is 10.4. The second kappa shape index (κ2) is 7.86. The van der Waals surface area contributed by atoms with Crippen molar-refractivity contribution in [1.82, 2.24) is 0 Å². The fraction of sp³-hybridized carbons (Fsp3) is 0.278. The highest BCUT2D eigenvalue weighted by molar-refractivity contribution is 7.92. The van der Waals surface area contributed by atoms with E-state index in [0.29, 0.717) is 21.4 Å². The van der Waals surface area contributed by atoms with Gasteiger partial charge in [-0.05, 0) is 62.2 Å². The predicted molar refractivity (Wildman–Crippen MR) is 108 cm³/mol. The van der Waals surface area contributed by atoms with Crippen LogP contribution in [0.15, 0.2) is 36.4 Å². The lowest BCUT2D eigenvalue weighted by Gasteiger charge is -2.28. The number of nitrogens with zero attached hydrogens (tertiary/aromatic N) is 1. The Morgan fingerprint density at radius 1 is 1.08 bits per heavy atom. The summed E-state index contributed by atoms with van der Waals surface area (Å²) in [4.78, 5) is 12.7. The lowest BCUT2D eigenvalue weighted by atomic mass is 10.2. The van der Waals surface area contributed by atoms with E-state index >= 15 is 0 Å². The average Bonchev–Trinajstić information content (AvgIpc) is 2.52. The first-order chi connectivity index (χ1) is 12.0. The highest BCUT2D eigenvalue weighted by Gasteiger charge is 2.29. The van der Waals surface area contributed by atoms with E-state index in [1.54, 1.807) is 37.3 Å². The number of rotatable bonds is 5. The fourth-order valence-corrected chi connectivity index (χ4v) is 4.10. The van der Waals surface area contributed by atoms with Gasteiger partial charge in [0, 0.05) is 15.7 Å². The molecule has 0 saturated heterocycles. The summed E-state index contributed by atoms with van der Waals surface area (Å²) in [5.74, 6) is -0.461. The molecule has 0 aliphatic carbocycles. The van der Waals surface area contributed by atoms with Gasteiger partial charge in [-0.15, -0.1) is 0 Å². The molecule has 1 N–H and O–H groups in total. The molecule has 0 saturated carbocycles. The van der Waals surface area contributed by atoms with Crippen LogP contribution in [0.2, 0.25) is 10.0 Å². The lowest BCUT2D eigenvalue weighted by Crippen LogP contribution is -2.45. The zero-order chi connectivity index (χ0) is 19.6. The van der Waals surface area contributed by atoms with Crippen LogP contribution in [0.1, 0.15) is 18.1 Å². The number of sulfonamides is 1. The number of aryl methyl sites for hydroxylation is 2. The van der Waals surface area contributed by atoms with Gasteiger partial charge in [0.05, 0.1) is 11.9 Å². The van der Waals surface area contributed by atoms with E-state index < -0.39 is 22.0 Å². The molecule has 2 rings (SSSR count). The Labute approximate surface area is 164 Å². The number of carbonyl (C=O) groups excluding carboxylic acids is 1. The summed E-state index contributed by atoms with van der Waals surface area (Å²) in [6, 6.07) is 8.95. The summed E-state index contributed by atoms with van der Waals surface area (Å²) in [5.41, 5.74) is 2.50. The Morgan fingerprint density at radius 2 is 1.73 bits per heavy atom. The van der Waals surface area contributed by atoms with Crippen molar-refractivity contribution in [3.8, 4) is 0 Å². The molecule has 8 heteroatoms. The Kier molecular flexibility index (Phi) is 6.21. The number of anilines is 2. The minimum Gasteiger partial charge on any atom is -0.324 e. The van der Waals surface area contributed by atoms with Crippen LogP contribution in [0.3, 0.4) is 0 Å². The van der Waals surface area contributed by atoms with Crippen LogP contribution in [0, 0.1) is 13.8 Å². The van der Waals surface area contributed by atoms with Crippen molar-refractivity contribution in [3.63, 3.8) is 0 Å². The zero-order valence-electron chi connectivity index (χ0n) is 14.9. The number of nitrogens with one attached hydrogen (secondary N) is 1. The van der Waals surface area contributed by atoms with Crippen molar-refractivity contribution in [2.75, 3.05) is 15.9 Å².